The molecule has 134 valence electrons. The lowest BCUT2D eigenvalue weighted by Gasteiger charge is -2.19. The standard InChI is InChI=1S/C16H24N4O3.ClH/c1-10(2)15(17)16(23)18-9-14(22)19-12-7-5-6-8-13(12)20(4)11(3)21;/h5-8,10,15H,9,17H2,1-4H3,(H,18,23)(H,19,22);1H/t15-;/m0./s1. The maximum atomic E-state index is 12.0. The van der Waals surface area contributed by atoms with Crippen molar-refractivity contribution in [3.05, 3.63) is 24.3 Å². The number of nitrogens with zero attached hydrogens (tertiary/aromatic N) is 1. The lowest BCUT2D eigenvalue weighted by molar-refractivity contribution is -0.125. The Kier molecular flexibility index (Phi) is 9.02. The zero-order chi connectivity index (χ0) is 17.6. The van der Waals surface area contributed by atoms with E-state index in [1.54, 1.807) is 31.3 Å². The second-order valence-corrected chi connectivity index (χ2v) is 5.63. The number of nitrogens with two attached hydrogens (primary N) is 1. The second-order valence-electron chi connectivity index (χ2n) is 5.63. The highest BCUT2D eigenvalue weighted by Gasteiger charge is 2.18. The number of benzene rings is 1. The van der Waals surface area contributed by atoms with Crippen LogP contribution in [0.1, 0.15) is 20.8 Å². The van der Waals surface area contributed by atoms with Crippen molar-refractivity contribution in [3.8, 4) is 0 Å². The van der Waals surface area contributed by atoms with Gasteiger partial charge in [-0.3, -0.25) is 14.4 Å². The van der Waals surface area contributed by atoms with Crippen LogP contribution in [0.4, 0.5) is 11.4 Å². The third-order valence-corrected chi connectivity index (χ3v) is 3.46. The van der Waals surface area contributed by atoms with Crippen LogP contribution in [0.5, 0.6) is 0 Å². The number of carbonyl (C=O) groups excluding carboxylic acids is 3. The molecular weight excluding hydrogens is 332 g/mol. The molecule has 4 N–H and O–H groups in total. The first-order valence-electron chi connectivity index (χ1n) is 7.40. The van der Waals surface area contributed by atoms with Crippen molar-refractivity contribution in [1.29, 1.82) is 0 Å². The van der Waals surface area contributed by atoms with Gasteiger partial charge in [-0.2, -0.15) is 0 Å². The van der Waals surface area contributed by atoms with Crippen LogP contribution in [0.15, 0.2) is 24.3 Å². The van der Waals surface area contributed by atoms with Crippen LogP contribution in [0.2, 0.25) is 0 Å². The molecule has 1 atom stereocenters. The molecule has 1 rings (SSSR count). The predicted octanol–water partition coefficient (Wildman–Crippen LogP) is 1.13. The normalized spacial score (nSPS) is 11.2. The van der Waals surface area contributed by atoms with Crippen LogP contribution >= 0.6 is 12.4 Å². The molecule has 0 radical (unpaired) electrons. The van der Waals surface area contributed by atoms with Crippen LogP contribution in [0.25, 0.3) is 0 Å². The van der Waals surface area contributed by atoms with Crippen molar-refractivity contribution in [3.63, 3.8) is 0 Å². The van der Waals surface area contributed by atoms with Crippen LogP contribution in [0.3, 0.4) is 0 Å². The number of rotatable bonds is 6. The number of carbonyl (C=O) groups is 3. The Morgan fingerprint density at radius 1 is 1.21 bits per heavy atom. The molecule has 0 saturated heterocycles. The average molecular weight is 357 g/mol. The molecule has 0 aromatic heterocycles. The van der Waals surface area contributed by atoms with Crippen molar-refractivity contribution in [2.24, 2.45) is 11.7 Å². The van der Waals surface area contributed by atoms with Crippen LogP contribution in [0, 0.1) is 5.92 Å². The Bertz CT molecular complexity index is 592. The van der Waals surface area contributed by atoms with Crippen molar-refractivity contribution >= 4 is 41.5 Å². The number of nitrogens with one attached hydrogen (secondary N) is 2. The topological polar surface area (TPSA) is 105 Å². The minimum absolute atomic E-state index is 0. The maximum Gasteiger partial charge on any atom is 0.243 e. The van der Waals surface area contributed by atoms with Crippen molar-refractivity contribution in [2.45, 2.75) is 26.8 Å². The van der Waals surface area contributed by atoms with E-state index in [4.69, 9.17) is 5.73 Å². The molecule has 0 aliphatic carbocycles. The van der Waals surface area contributed by atoms with Crippen LogP contribution in [-0.4, -0.2) is 37.4 Å². The van der Waals surface area contributed by atoms with Crippen molar-refractivity contribution in [1.82, 2.24) is 5.32 Å². The van der Waals surface area contributed by atoms with Gasteiger partial charge in [-0.05, 0) is 18.1 Å². The Labute approximate surface area is 148 Å². The minimum Gasteiger partial charge on any atom is -0.346 e. The first-order chi connectivity index (χ1) is 10.7. The quantitative estimate of drug-likeness (QED) is 0.710. The number of hydrogen-bond donors (Lipinski definition) is 3. The molecule has 0 bridgehead atoms. The van der Waals surface area contributed by atoms with Gasteiger partial charge >= 0.3 is 0 Å². The monoisotopic (exact) mass is 356 g/mol. The summed E-state index contributed by atoms with van der Waals surface area (Å²) in [6.45, 7) is 4.92. The Hall–Kier alpha value is -2.12. The summed E-state index contributed by atoms with van der Waals surface area (Å²) in [7, 11) is 1.62. The van der Waals surface area contributed by atoms with Gasteiger partial charge in [0.1, 0.15) is 0 Å². The van der Waals surface area contributed by atoms with E-state index in [2.05, 4.69) is 10.6 Å². The second kappa shape index (κ2) is 9.89. The van der Waals surface area contributed by atoms with E-state index in [1.165, 1.54) is 11.8 Å². The summed E-state index contributed by atoms with van der Waals surface area (Å²) in [6.07, 6.45) is 0. The molecule has 24 heavy (non-hydrogen) atoms. The molecule has 0 aliphatic rings. The highest BCUT2D eigenvalue weighted by atomic mass is 35.5. The molecule has 0 unspecified atom stereocenters. The molecule has 0 fully saturated rings. The fourth-order valence-corrected chi connectivity index (χ4v) is 1.82. The van der Waals surface area contributed by atoms with Gasteiger partial charge in [0.25, 0.3) is 0 Å². The summed E-state index contributed by atoms with van der Waals surface area (Å²) in [4.78, 5) is 36.6. The predicted molar refractivity (Wildman–Crippen MR) is 97.2 cm³/mol. The molecule has 1 aromatic carbocycles. The molecule has 7 nitrogen and oxygen atoms in total. The van der Waals surface area contributed by atoms with Gasteiger partial charge < -0.3 is 21.3 Å². The fraction of sp³-hybridized carbons (Fsp3) is 0.438. The summed E-state index contributed by atoms with van der Waals surface area (Å²) in [5.41, 5.74) is 6.79. The SMILES string of the molecule is CC(=O)N(C)c1ccccc1NC(=O)CNC(=O)[C@@H](N)C(C)C.Cl. The van der Waals surface area contributed by atoms with E-state index >= 15 is 0 Å². The first-order valence-corrected chi connectivity index (χ1v) is 7.40. The van der Waals surface area contributed by atoms with Crippen molar-refractivity contribution < 1.29 is 14.4 Å². The zero-order valence-electron chi connectivity index (χ0n) is 14.3. The van der Waals surface area contributed by atoms with E-state index in [0.717, 1.165) is 0 Å². The molecule has 0 spiro atoms. The van der Waals surface area contributed by atoms with Crippen LogP contribution < -0.4 is 21.3 Å². The Balaban J connectivity index is 0.00000529. The van der Waals surface area contributed by atoms with Gasteiger partial charge in [-0.25, -0.2) is 0 Å². The van der Waals surface area contributed by atoms with E-state index < -0.39 is 11.9 Å². The number of amides is 3. The summed E-state index contributed by atoms with van der Waals surface area (Å²) in [6, 6.07) is 6.28. The molecule has 3 amide bonds. The first kappa shape index (κ1) is 21.9. The third-order valence-electron chi connectivity index (χ3n) is 3.46. The van der Waals surface area contributed by atoms with E-state index in [0.29, 0.717) is 11.4 Å². The molecule has 8 heteroatoms. The number of hydrogen-bond acceptors (Lipinski definition) is 4. The summed E-state index contributed by atoms with van der Waals surface area (Å²) in [5.74, 6) is -0.922. The van der Waals surface area contributed by atoms with E-state index in [9.17, 15) is 14.4 Å². The largest absolute Gasteiger partial charge is 0.346 e. The lowest BCUT2D eigenvalue weighted by atomic mass is 10.1. The minimum atomic E-state index is -0.654. The van der Waals surface area contributed by atoms with Gasteiger partial charge in [0.15, 0.2) is 0 Å². The van der Waals surface area contributed by atoms with Gasteiger partial charge in [-0.1, -0.05) is 26.0 Å². The lowest BCUT2D eigenvalue weighted by Crippen LogP contribution is -2.46. The number of halogens is 1. The molecule has 0 heterocycles. The smallest absolute Gasteiger partial charge is 0.243 e. The average Bonchev–Trinajstić information content (AvgIpc) is 2.51. The number of anilines is 2. The van der Waals surface area contributed by atoms with Gasteiger partial charge in [0.2, 0.25) is 17.7 Å². The highest BCUT2D eigenvalue weighted by Crippen LogP contribution is 2.24. The summed E-state index contributed by atoms with van der Waals surface area (Å²) in [5, 5.41) is 5.18. The van der Waals surface area contributed by atoms with Gasteiger partial charge in [0.05, 0.1) is 24.0 Å². The van der Waals surface area contributed by atoms with Gasteiger partial charge in [0, 0.05) is 14.0 Å². The Morgan fingerprint density at radius 3 is 2.33 bits per heavy atom. The molecule has 0 aliphatic heterocycles. The zero-order valence-corrected chi connectivity index (χ0v) is 15.1. The Morgan fingerprint density at radius 2 is 1.79 bits per heavy atom. The maximum absolute atomic E-state index is 12.0. The third kappa shape index (κ3) is 6.17. The summed E-state index contributed by atoms with van der Waals surface area (Å²) < 4.78 is 0. The van der Waals surface area contributed by atoms with Crippen LogP contribution in [-0.2, 0) is 14.4 Å². The number of para-hydroxylation sites is 2. The summed E-state index contributed by atoms with van der Waals surface area (Å²) >= 11 is 0. The molecule has 1 aromatic rings. The molecule has 0 saturated carbocycles. The molecular formula is C16H25ClN4O3. The van der Waals surface area contributed by atoms with Gasteiger partial charge in [-0.15, -0.1) is 12.4 Å². The van der Waals surface area contributed by atoms with E-state index in [1.807, 2.05) is 13.8 Å². The van der Waals surface area contributed by atoms with Crippen molar-refractivity contribution in [2.75, 3.05) is 23.8 Å². The van der Waals surface area contributed by atoms with E-state index in [-0.39, 0.29) is 36.7 Å². The fourth-order valence-electron chi connectivity index (χ4n) is 1.82. The highest BCUT2D eigenvalue weighted by molar-refractivity contribution is 6.01.